The summed E-state index contributed by atoms with van der Waals surface area (Å²) in [7, 11) is 0. The molecule has 5 heteroatoms. The molecule has 0 radical (unpaired) electrons. The molecule has 1 amide bonds. The number of morpholine rings is 1. The Bertz CT molecular complexity index is 474. The number of ether oxygens (including phenoxy) is 1. The molecule has 20 heavy (non-hydrogen) atoms. The van der Waals surface area contributed by atoms with Gasteiger partial charge in [0.25, 0.3) is 0 Å². The third kappa shape index (κ3) is 3.56. The fourth-order valence-corrected chi connectivity index (χ4v) is 2.37. The Morgan fingerprint density at radius 1 is 1.45 bits per heavy atom. The molecule has 1 aliphatic heterocycles. The second-order valence-electron chi connectivity index (χ2n) is 5.70. The third-order valence-corrected chi connectivity index (χ3v) is 3.66. The SMILES string of the molecule is CC1(C)COCCN1CC(=O)Nc1ccccc1CN. The van der Waals surface area contributed by atoms with Gasteiger partial charge in [-0.2, -0.15) is 0 Å². The van der Waals surface area contributed by atoms with Crippen molar-refractivity contribution in [3.8, 4) is 0 Å². The van der Waals surface area contributed by atoms with Crippen LogP contribution in [-0.4, -0.2) is 42.6 Å². The molecule has 0 spiro atoms. The number of hydrogen-bond acceptors (Lipinski definition) is 4. The summed E-state index contributed by atoms with van der Waals surface area (Å²) in [5.74, 6) is -0.0131. The van der Waals surface area contributed by atoms with Crippen molar-refractivity contribution in [1.29, 1.82) is 0 Å². The van der Waals surface area contributed by atoms with Crippen LogP contribution in [0.3, 0.4) is 0 Å². The van der Waals surface area contributed by atoms with Crippen molar-refractivity contribution < 1.29 is 9.53 Å². The molecule has 0 bridgehead atoms. The molecule has 1 aromatic rings. The summed E-state index contributed by atoms with van der Waals surface area (Å²) in [6.45, 7) is 7.07. The standard InChI is InChI=1S/C15H23N3O2/c1-15(2)11-20-8-7-18(15)10-14(19)17-13-6-4-3-5-12(13)9-16/h3-6H,7-11,16H2,1-2H3,(H,17,19). The van der Waals surface area contributed by atoms with Crippen LogP contribution in [0, 0.1) is 0 Å². The molecule has 1 saturated heterocycles. The van der Waals surface area contributed by atoms with E-state index in [1.165, 1.54) is 0 Å². The van der Waals surface area contributed by atoms with E-state index in [2.05, 4.69) is 24.1 Å². The summed E-state index contributed by atoms with van der Waals surface area (Å²) in [5.41, 5.74) is 7.31. The molecule has 0 saturated carbocycles. The topological polar surface area (TPSA) is 67.6 Å². The van der Waals surface area contributed by atoms with Gasteiger partial charge in [-0.1, -0.05) is 18.2 Å². The summed E-state index contributed by atoms with van der Waals surface area (Å²) in [4.78, 5) is 14.4. The van der Waals surface area contributed by atoms with Crippen LogP contribution in [0.15, 0.2) is 24.3 Å². The van der Waals surface area contributed by atoms with E-state index in [9.17, 15) is 4.79 Å². The van der Waals surface area contributed by atoms with E-state index in [0.717, 1.165) is 17.8 Å². The zero-order chi connectivity index (χ0) is 14.6. The average Bonchev–Trinajstić information content (AvgIpc) is 2.42. The number of nitrogens with zero attached hydrogens (tertiary/aromatic N) is 1. The number of anilines is 1. The van der Waals surface area contributed by atoms with Gasteiger partial charge in [-0.3, -0.25) is 9.69 Å². The number of rotatable bonds is 4. The van der Waals surface area contributed by atoms with Crippen molar-refractivity contribution in [2.24, 2.45) is 5.73 Å². The van der Waals surface area contributed by atoms with Gasteiger partial charge in [-0.15, -0.1) is 0 Å². The lowest BCUT2D eigenvalue weighted by molar-refractivity contribution is -0.122. The van der Waals surface area contributed by atoms with Crippen molar-refractivity contribution in [3.05, 3.63) is 29.8 Å². The molecule has 110 valence electrons. The highest BCUT2D eigenvalue weighted by molar-refractivity contribution is 5.93. The normalized spacial score (nSPS) is 18.8. The number of nitrogens with one attached hydrogen (secondary N) is 1. The molecular weight excluding hydrogens is 254 g/mol. The zero-order valence-corrected chi connectivity index (χ0v) is 12.2. The molecule has 1 heterocycles. The summed E-state index contributed by atoms with van der Waals surface area (Å²) in [6, 6.07) is 7.62. The Labute approximate surface area is 120 Å². The van der Waals surface area contributed by atoms with Gasteiger partial charge in [0.05, 0.1) is 19.8 Å². The Kier molecular flexibility index (Phi) is 4.75. The lowest BCUT2D eigenvalue weighted by Gasteiger charge is -2.41. The minimum atomic E-state index is -0.108. The monoisotopic (exact) mass is 277 g/mol. The number of benzene rings is 1. The van der Waals surface area contributed by atoms with E-state index >= 15 is 0 Å². The van der Waals surface area contributed by atoms with Gasteiger partial charge in [0.15, 0.2) is 0 Å². The van der Waals surface area contributed by atoms with Gasteiger partial charge >= 0.3 is 0 Å². The molecule has 0 unspecified atom stereocenters. The average molecular weight is 277 g/mol. The smallest absolute Gasteiger partial charge is 0.238 e. The maximum absolute atomic E-state index is 12.2. The molecule has 0 aliphatic carbocycles. The number of para-hydroxylation sites is 1. The largest absolute Gasteiger partial charge is 0.378 e. The van der Waals surface area contributed by atoms with E-state index in [-0.39, 0.29) is 11.4 Å². The molecule has 0 aromatic heterocycles. The number of nitrogens with two attached hydrogens (primary N) is 1. The molecule has 2 rings (SSSR count). The van der Waals surface area contributed by atoms with Gasteiger partial charge in [-0.05, 0) is 25.5 Å². The van der Waals surface area contributed by atoms with Crippen LogP contribution in [0.25, 0.3) is 0 Å². The summed E-state index contributed by atoms with van der Waals surface area (Å²) in [6.07, 6.45) is 0. The highest BCUT2D eigenvalue weighted by atomic mass is 16.5. The fraction of sp³-hybridized carbons (Fsp3) is 0.533. The van der Waals surface area contributed by atoms with Crippen LogP contribution in [0.2, 0.25) is 0 Å². The van der Waals surface area contributed by atoms with Gasteiger partial charge in [-0.25, -0.2) is 0 Å². The molecular formula is C15H23N3O2. The van der Waals surface area contributed by atoms with Crippen molar-refractivity contribution >= 4 is 11.6 Å². The Morgan fingerprint density at radius 3 is 2.90 bits per heavy atom. The first-order valence-electron chi connectivity index (χ1n) is 6.93. The first-order valence-corrected chi connectivity index (χ1v) is 6.93. The lowest BCUT2D eigenvalue weighted by Crippen LogP contribution is -2.55. The van der Waals surface area contributed by atoms with Crippen LogP contribution >= 0.6 is 0 Å². The summed E-state index contributed by atoms with van der Waals surface area (Å²) < 4.78 is 5.46. The Hall–Kier alpha value is -1.43. The first kappa shape index (κ1) is 15.0. The van der Waals surface area contributed by atoms with Crippen LogP contribution in [0.5, 0.6) is 0 Å². The Morgan fingerprint density at radius 2 is 2.20 bits per heavy atom. The highest BCUT2D eigenvalue weighted by Crippen LogP contribution is 2.19. The number of carbonyl (C=O) groups is 1. The predicted octanol–water partition coefficient (Wildman–Crippen LogP) is 1.19. The van der Waals surface area contributed by atoms with Crippen molar-refractivity contribution in [1.82, 2.24) is 4.90 Å². The maximum atomic E-state index is 12.2. The number of hydrogen-bond donors (Lipinski definition) is 2. The van der Waals surface area contributed by atoms with Crippen LogP contribution in [-0.2, 0) is 16.1 Å². The summed E-state index contributed by atoms with van der Waals surface area (Å²) >= 11 is 0. The highest BCUT2D eigenvalue weighted by Gasteiger charge is 2.31. The molecule has 1 aromatic carbocycles. The predicted molar refractivity (Wildman–Crippen MR) is 79.4 cm³/mol. The van der Waals surface area contributed by atoms with Gasteiger partial charge in [0.2, 0.25) is 5.91 Å². The van der Waals surface area contributed by atoms with Crippen molar-refractivity contribution in [2.75, 3.05) is 31.6 Å². The van der Waals surface area contributed by atoms with Crippen LogP contribution in [0.1, 0.15) is 19.4 Å². The molecule has 1 fully saturated rings. The molecule has 1 aliphatic rings. The third-order valence-electron chi connectivity index (χ3n) is 3.66. The number of carbonyl (C=O) groups excluding carboxylic acids is 1. The van der Waals surface area contributed by atoms with Crippen LogP contribution in [0.4, 0.5) is 5.69 Å². The lowest BCUT2D eigenvalue weighted by atomic mass is 10.0. The second kappa shape index (κ2) is 6.35. The summed E-state index contributed by atoms with van der Waals surface area (Å²) in [5, 5.41) is 2.95. The fourth-order valence-electron chi connectivity index (χ4n) is 2.37. The zero-order valence-electron chi connectivity index (χ0n) is 12.2. The second-order valence-corrected chi connectivity index (χ2v) is 5.70. The maximum Gasteiger partial charge on any atom is 0.238 e. The van der Waals surface area contributed by atoms with E-state index in [0.29, 0.717) is 26.3 Å². The first-order chi connectivity index (χ1) is 9.53. The Balaban J connectivity index is 1.98. The number of amides is 1. The van der Waals surface area contributed by atoms with Crippen molar-refractivity contribution in [3.63, 3.8) is 0 Å². The van der Waals surface area contributed by atoms with Crippen LogP contribution < -0.4 is 11.1 Å². The van der Waals surface area contributed by atoms with Gasteiger partial charge in [0.1, 0.15) is 0 Å². The van der Waals surface area contributed by atoms with Gasteiger partial charge < -0.3 is 15.8 Å². The van der Waals surface area contributed by atoms with E-state index in [4.69, 9.17) is 10.5 Å². The van der Waals surface area contributed by atoms with Crippen molar-refractivity contribution in [2.45, 2.75) is 25.9 Å². The molecule has 0 atom stereocenters. The van der Waals surface area contributed by atoms with Gasteiger partial charge in [0, 0.05) is 24.3 Å². The van der Waals surface area contributed by atoms with E-state index < -0.39 is 0 Å². The molecule has 3 N–H and O–H groups in total. The van der Waals surface area contributed by atoms with E-state index in [1.54, 1.807) is 0 Å². The minimum Gasteiger partial charge on any atom is -0.378 e. The van der Waals surface area contributed by atoms with E-state index in [1.807, 2.05) is 24.3 Å². The quantitative estimate of drug-likeness (QED) is 0.867. The molecule has 5 nitrogen and oxygen atoms in total. The minimum absolute atomic E-state index is 0.0131.